The van der Waals surface area contributed by atoms with Crippen LogP contribution in [0, 0.1) is 19.8 Å². The number of nitrogens with zero attached hydrogens (tertiary/aromatic N) is 1. The first-order chi connectivity index (χ1) is 10.1. The third-order valence-corrected chi connectivity index (χ3v) is 4.95. The van der Waals surface area contributed by atoms with Gasteiger partial charge in [0.2, 0.25) is 0 Å². The summed E-state index contributed by atoms with van der Waals surface area (Å²) in [4.78, 5) is 12.4. The van der Waals surface area contributed by atoms with Gasteiger partial charge in [0.25, 0.3) is 0 Å². The summed E-state index contributed by atoms with van der Waals surface area (Å²) < 4.78 is 8.09. The van der Waals surface area contributed by atoms with E-state index in [4.69, 9.17) is 4.74 Å². The van der Waals surface area contributed by atoms with E-state index in [-0.39, 0.29) is 18.5 Å². The monoisotopic (exact) mass is 291 g/mol. The topological polar surface area (TPSA) is 31.2 Å². The van der Waals surface area contributed by atoms with Crippen molar-refractivity contribution in [2.24, 2.45) is 5.92 Å². The number of Topliss-reactive ketones (excluding diaryl/α,β-unsaturated/α-hetero) is 1. The Morgan fingerprint density at radius 3 is 2.71 bits per heavy atom. The molecular formula is C18H29NO2. The Hall–Kier alpha value is -1.09. The predicted molar refractivity (Wildman–Crippen MR) is 85.9 cm³/mol. The third-order valence-electron chi connectivity index (χ3n) is 4.95. The molecule has 0 bridgehead atoms. The highest BCUT2D eigenvalue weighted by Gasteiger charge is 2.23. The summed E-state index contributed by atoms with van der Waals surface area (Å²) in [6.07, 6.45) is 6.30. The van der Waals surface area contributed by atoms with E-state index in [1.807, 2.05) is 13.0 Å². The van der Waals surface area contributed by atoms with E-state index in [1.165, 1.54) is 19.3 Å². The van der Waals surface area contributed by atoms with Gasteiger partial charge in [-0.3, -0.25) is 4.79 Å². The van der Waals surface area contributed by atoms with Crippen LogP contribution < -0.4 is 0 Å². The third kappa shape index (κ3) is 3.76. The van der Waals surface area contributed by atoms with Crippen LogP contribution in [0.1, 0.15) is 67.7 Å². The Balaban J connectivity index is 1.93. The van der Waals surface area contributed by atoms with Crippen molar-refractivity contribution in [1.82, 2.24) is 4.57 Å². The lowest BCUT2D eigenvalue weighted by atomic mass is 9.85. The van der Waals surface area contributed by atoms with Gasteiger partial charge in [-0.15, -0.1) is 0 Å². The van der Waals surface area contributed by atoms with E-state index in [9.17, 15) is 4.79 Å². The largest absolute Gasteiger partial charge is 0.370 e. The van der Waals surface area contributed by atoms with Crippen molar-refractivity contribution in [2.75, 3.05) is 6.61 Å². The summed E-state index contributed by atoms with van der Waals surface area (Å²) in [6, 6.07) is 2.00. The second kappa shape index (κ2) is 7.26. The SMILES string of the molecule is CCC1CCCC(OCC(=O)c2cc(C)n(CC)c2C)C1. The number of hydrogen-bond acceptors (Lipinski definition) is 2. The number of aromatic nitrogens is 1. The fourth-order valence-corrected chi connectivity index (χ4v) is 3.61. The molecule has 0 spiro atoms. The lowest BCUT2D eigenvalue weighted by Crippen LogP contribution is -2.25. The zero-order valence-corrected chi connectivity index (χ0v) is 13.9. The Kier molecular flexibility index (Phi) is 5.63. The zero-order valence-electron chi connectivity index (χ0n) is 13.9. The van der Waals surface area contributed by atoms with E-state index in [1.54, 1.807) is 0 Å². The van der Waals surface area contributed by atoms with Crippen molar-refractivity contribution in [3.63, 3.8) is 0 Å². The lowest BCUT2D eigenvalue weighted by Gasteiger charge is -2.28. The van der Waals surface area contributed by atoms with Crippen LogP contribution in [0.3, 0.4) is 0 Å². The van der Waals surface area contributed by atoms with Crippen LogP contribution in [-0.2, 0) is 11.3 Å². The molecule has 3 heteroatoms. The van der Waals surface area contributed by atoms with Gasteiger partial charge >= 0.3 is 0 Å². The Bertz CT molecular complexity index is 490. The molecule has 3 nitrogen and oxygen atoms in total. The van der Waals surface area contributed by atoms with Crippen molar-refractivity contribution in [3.05, 3.63) is 23.0 Å². The number of ketones is 1. The summed E-state index contributed by atoms with van der Waals surface area (Å²) in [7, 11) is 0. The highest BCUT2D eigenvalue weighted by Crippen LogP contribution is 2.28. The lowest BCUT2D eigenvalue weighted by molar-refractivity contribution is 0.0156. The smallest absolute Gasteiger partial charge is 0.190 e. The van der Waals surface area contributed by atoms with Crippen LogP contribution in [0.15, 0.2) is 6.07 Å². The van der Waals surface area contributed by atoms with Crippen LogP contribution in [0.25, 0.3) is 0 Å². The molecule has 21 heavy (non-hydrogen) atoms. The molecule has 0 radical (unpaired) electrons. The molecule has 118 valence electrons. The van der Waals surface area contributed by atoms with Gasteiger partial charge in [0.05, 0.1) is 6.10 Å². The van der Waals surface area contributed by atoms with Gasteiger partial charge in [-0.2, -0.15) is 0 Å². The fraction of sp³-hybridized carbons (Fsp3) is 0.722. The Morgan fingerprint density at radius 1 is 1.33 bits per heavy atom. The van der Waals surface area contributed by atoms with Crippen LogP contribution in [0.4, 0.5) is 0 Å². The molecule has 0 saturated heterocycles. The number of aryl methyl sites for hydroxylation is 1. The predicted octanol–water partition coefficient (Wildman–Crippen LogP) is 4.29. The molecule has 1 fully saturated rings. The normalized spacial score (nSPS) is 22.5. The van der Waals surface area contributed by atoms with Crippen LogP contribution >= 0.6 is 0 Å². The fourth-order valence-electron chi connectivity index (χ4n) is 3.61. The van der Waals surface area contributed by atoms with E-state index in [0.29, 0.717) is 0 Å². The van der Waals surface area contributed by atoms with Crippen LogP contribution in [0.2, 0.25) is 0 Å². The van der Waals surface area contributed by atoms with Crippen LogP contribution in [0.5, 0.6) is 0 Å². The molecule has 1 heterocycles. The van der Waals surface area contributed by atoms with Gasteiger partial charge in [-0.05, 0) is 45.6 Å². The summed E-state index contributed by atoms with van der Waals surface area (Å²) in [6.45, 7) is 9.58. The minimum absolute atomic E-state index is 0.126. The molecule has 1 aliphatic rings. The van der Waals surface area contributed by atoms with Crippen LogP contribution in [-0.4, -0.2) is 23.1 Å². The molecule has 0 N–H and O–H groups in total. The standard InChI is InChI=1S/C18H29NO2/c1-5-15-8-7-9-16(11-15)21-12-18(20)17-10-13(3)19(6-2)14(17)4/h10,15-16H,5-9,11-12H2,1-4H3. The maximum atomic E-state index is 12.4. The van der Waals surface area contributed by atoms with Crippen molar-refractivity contribution < 1.29 is 9.53 Å². The van der Waals surface area contributed by atoms with Gasteiger partial charge in [0.15, 0.2) is 5.78 Å². The molecule has 1 saturated carbocycles. The highest BCUT2D eigenvalue weighted by atomic mass is 16.5. The van der Waals surface area contributed by atoms with Crippen molar-refractivity contribution in [3.8, 4) is 0 Å². The average molecular weight is 291 g/mol. The summed E-state index contributed by atoms with van der Waals surface area (Å²) in [5.41, 5.74) is 3.05. The molecule has 0 amide bonds. The van der Waals surface area contributed by atoms with Gasteiger partial charge in [-0.1, -0.05) is 26.2 Å². The molecule has 1 aromatic rings. The first kappa shape index (κ1) is 16.3. The first-order valence-corrected chi connectivity index (χ1v) is 8.38. The second-order valence-electron chi connectivity index (χ2n) is 6.33. The van der Waals surface area contributed by atoms with E-state index in [0.717, 1.165) is 42.3 Å². The number of rotatable bonds is 6. The quantitative estimate of drug-likeness (QED) is 0.732. The van der Waals surface area contributed by atoms with E-state index >= 15 is 0 Å². The second-order valence-corrected chi connectivity index (χ2v) is 6.33. The average Bonchev–Trinajstić information content (AvgIpc) is 2.79. The summed E-state index contributed by atoms with van der Waals surface area (Å²) >= 11 is 0. The first-order valence-electron chi connectivity index (χ1n) is 8.38. The highest BCUT2D eigenvalue weighted by molar-refractivity contribution is 5.98. The molecule has 2 unspecified atom stereocenters. The van der Waals surface area contributed by atoms with Gasteiger partial charge in [-0.25, -0.2) is 0 Å². The summed E-state index contributed by atoms with van der Waals surface area (Å²) in [5, 5.41) is 0. The minimum Gasteiger partial charge on any atom is -0.370 e. The zero-order chi connectivity index (χ0) is 15.4. The molecule has 0 aromatic carbocycles. The molecule has 2 rings (SSSR count). The minimum atomic E-state index is 0.126. The van der Waals surface area contributed by atoms with Crippen molar-refractivity contribution >= 4 is 5.78 Å². The van der Waals surface area contributed by atoms with Crippen molar-refractivity contribution in [1.29, 1.82) is 0 Å². The van der Waals surface area contributed by atoms with E-state index < -0.39 is 0 Å². The van der Waals surface area contributed by atoms with Gasteiger partial charge in [0.1, 0.15) is 6.61 Å². The number of ether oxygens (including phenoxy) is 1. The maximum Gasteiger partial charge on any atom is 0.190 e. The summed E-state index contributed by atoms with van der Waals surface area (Å²) in [5.74, 6) is 0.908. The molecule has 1 aromatic heterocycles. The molecule has 0 aliphatic heterocycles. The maximum absolute atomic E-state index is 12.4. The number of hydrogen-bond donors (Lipinski definition) is 0. The van der Waals surface area contributed by atoms with Gasteiger partial charge in [0, 0.05) is 23.5 Å². The van der Waals surface area contributed by atoms with E-state index in [2.05, 4.69) is 25.3 Å². The molecular weight excluding hydrogens is 262 g/mol. The Labute approximate surface area is 128 Å². The Morgan fingerprint density at radius 2 is 2.10 bits per heavy atom. The number of carbonyl (C=O) groups is 1. The van der Waals surface area contributed by atoms with Crippen molar-refractivity contribution in [2.45, 2.75) is 72.4 Å². The molecule has 2 atom stereocenters. The molecule has 1 aliphatic carbocycles. The van der Waals surface area contributed by atoms with Gasteiger partial charge < -0.3 is 9.30 Å². The number of carbonyl (C=O) groups excluding carboxylic acids is 1.